The van der Waals surface area contributed by atoms with Gasteiger partial charge in [-0.15, -0.1) is 0 Å². The molecule has 8 heteroatoms. The average molecular weight is 345 g/mol. The van der Waals surface area contributed by atoms with Crippen LogP contribution in [0.3, 0.4) is 0 Å². The first-order valence-corrected chi connectivity index (χ1v) is 8.11. The minimum Gasteiger partial charge on any atom is -0.446 e. The maximum Gasteiger partial charge on any atom is 0.327 e. The first-order chi connectivity index (χ1) is 11.9. The SMILES string of the molecule is NC(=O)C(OC(=O)CN1C(=O)NC2(CCCC2)C1=O)c1ccccc1. The smallest absolute Gasteiger partial charge is 0.327 e. The number of rotatable bonds is 5. The minimum absolute atomic E-state index is 0.415. The second kappa shape index (κ2) is 6.54. The van der Waals surface area contributed by atoms with Crippen LogP contribution in [-0.2, 0) is 19.1 Å². The van der Waals surface area contributed by atoms with Crippen LogP contribution in [0.25, 0.3) is 0 Å². The lowest BCUT2D eigenvalue weighted by Gasteiger charge is -2.20. The highest BCUT2D eigenvalue weighted by Crippen LogP contribution is 2.35. The summed E-state index contributed by atoms with van der Waals surface area (Å²) in [6.07, 6.45) is 1.56. The number of hydrogen-bond acceptors (Lipinski definition) is 5. The highest BCUT2D eigenvalue weighted by Gasteiger charge is 2.52. The van der Waals surface area contributed by atoms with E-state index in [4.69, 9.17) is 10.5 Å². The third-order valence-electron chi connectivity index (χ3n) is 4.60. The summed E-state index contributed by atoms with van der Waals surface area (Å²) >= 11 is 0. The van der Waals surface area contributed by atoms with Gasteiger partial charge in [0.25, 0.3) is 11.8 Å². The van der Waals surface area contributed by atoms with Gasteiger partial charge in [-0.2, -0.15) is 0 Å². The zero-order chi connectivity index (χ0) is 18.0. The number of amides is 4. The Kier molecular flexibility index (Phi) is 4.43. The van der Waals surface area contributed by atoms with E-state index in [0.29, 0.717) is 18.4 Å². The number of nitrogens with two attached hydrogens (primary N) is 1. The summed E-state index contributed by atoms with van der Waals surface area (Å²) < 4.78 is 5.12. The summed E-state index contributed by atoms with van der Waals surface area (Å²) in [4.78, 5) is 49.2. The topological polar surface area (TPSA) is 119 Å². The molecule has 0 bridgehead atoms. The summed E-state index contributed by atoms with van der Waals surface area (Å²) in [5.41, 5.74) is 4.83. The fourth-order valence-electron chi connectivity index (χ4n) is 3.35. The molecule has 2 fully saturated rings. The lowest BCUT2D eigenvalue weighted by Crippen LogP contribution is -2.44. The Bertz CT molecular complexity index is 712. The molecule has 0 radical (unpaired) electrons. The molecule has 1 saturated carbocycles. The van der Waals surface area contributed by atoms with E-state index < -0.39 is 42.0 Å². The van der Waals surface area contributed by atoms with Crippen LogP contribution in [0.4, 0.5) is 4.79 Å². The molecule has 3 N–H and O–H groups in total. The molecule has 8 nitrogen and oxygen atoms in total. The van der Waals surface area contributed by atoms with Gasteiger partial charge < -0.3 is 15.8 Å². The molecule has 1 aliphatic carbocycles. The number of hydrogen-bond donors (Lipinski definition) is 2. The zero-order valence-corrected chi connectivity index (χ0v) is 13.6. The molecule has 0 aromatic heterocycles. The predicted octanol–water partition coefficient (Wildman–Crippen LogP) is 0.621. The van der Waals surface area contributed by atoms with Crippen LogP contribution in [-0.4, -0.2) is 40.8 Å². The van der Waals surface area contributed by atoms with E-state index in [9.17, 15) is 19.2 Å². The predicted molar refractivity (Wildman–Crippen MR) is 85.9 cm³/mol. The molecule has 1 saturated heterocycles. The number of nitrogens with zero attached hydrogens (tertiary/aromatic N) is 1. The Morgan fingerprint density at radius 2 is 1.84 bits per heavy atom. The maximum absolute atomic E-state index is 12.5. The van der Waals surface area contributed by atoms with E-state index in [0.717, 1.165) is 17.7 Å². The molecule has 1 aromatic rings. The van der Waals surface area contributed by atoms with Crippen molar-refractivity contribution in [1.82, 2.24) is 10.2 Å². The number of imide groups is 1. The van der Waals surface area contributed by atoms with Gasteiger partial charge in [-0.3, -0.25) is 19.3 Å². The largest absolute Gasteiger partial charge is 0.446 e. The fraction of sp³-hybridized carbons (Fsp3) is 0.412. The second-order valence-corrected chi connectivity index (χ2v) is 6.29. The molecule has 1 aromatic carbocycles. The van der Waals surface area contributed by atoms with E-state index in [1.54, 1.807) is 30.3 Å². The normalized spacial score (nSPS) is 19.8. The first-order valence-electron chi connectivity index (χ1n) is 8.11. The van der Waals surface area contributed by atoms with Crippen molar-refractivity contribution in [2.45, 2.75) is 37.3 Å². The van der Waals surface area contributed by atoms with Gasteiger partial charge >= 0.3 is 12.0 Å². The monoisotopic (exact) mass is 345 g/mol. The van der Waals surface area contributed by atoms with E-state index in [2.05, 4.69) is 5.32 Å². The quantitative estimate of drug-likeness (QED) is 0.599. The van der Waals surface area contributed by atoms with Crippen molar-refractivity contribution < 1.29 is 23.9 Å². The Balaban J connectivity index is 1.68. The lowest BCUT2D eigenvalue weighted by molar-refractivity contribution is -0.157. The summed E-state index contributed by atoms with van der Waals surface area (Å²) in [5.74, 6) is -2.11. The molecule has 132 valence electrons. The molecule has 1 atom stereocenters. The van der Waals surface area contributed by atoms with E-state index in [-0.39, 0.29) is 0 Å². The van der Waals surface area contributed by atoms with Crippen molar-refractivity contribution in [3.63, 3.8) is 0 Å². The average Bonchev–Trinajstić information content (AvgIpc) is 3.14. The summed E-state index contributed by atoms with van der Waals surface area (Å²) in [5, 5.41) is 2.68. The highest BCUT2D eigenvalue weighted by molar-refractivity contribution is 6.08. The lowest BCUT2D eigenvalue weighted by atomic mass is 9.98. The number of carbonyl (C=O) groups excluding carboxylic acids is 4. The van der Waals surface area contributed by atoms with Crippen molar-refractivity contribution in [3.05, 3.63) is 35.9 Å². The summed E-state index contributed by atoms with van der Waals surface area (Å²) in [7, 11) is 0. The highest BCUT2D eigenvalue weighted by atomic mass is 16.5. The Hall–Kier alpha value is -2.90. The van der Waals surface area contributed by atoms with Gasteiger partial charge in [0.15, 0.2) is 0 Å². The van der Waals surface area contributed by atoms with Crippen LogP contribution < -0.4 is 11.1 Å². The van der Waals surface area contributed by atoms with Gasteiger partial charge in [0.2, 0.25) is 6.10 Å². The molecule has 3 rings (SSSR count). The van der Waals surface area contributed by atoms with Crippen molar-refractivity contribution in [2.24, 2.45) is 5.73 Å². The number of primary amides is 1. The van der Waals surface area contributed by atoms with Crippen LogP contribution in [0, 0.1) is 0 Å². The van der Waals surface area contributed by atoms with Gasteiger partial charge in [0, 0.05) is 5.56 Å². The molecule has 1 spiro atoms. The number of nitrogens with one attached hydrogen (secondary N) is 1. The number of carbonyl (C=O) groups is 4. The number of esters is 1. The summed E-state index contributed by atoms with van der Waals surface area (Å²) in [6.45, 7) is -0.553. The third-order valence-corrected chi connectivity index (χ3v) is 4.60. The summed E-state index contributed by atoms with van der Waals surface area (Å²) in [6, 6.07) is 7.70. The van der Waals surface area contributed by atoms with Gasteiger partial charge in [-0.05, 0) is 12.8 Å². The van der Waals surface area contributed by atoms with E-state index >= 15 is 0 Å². The Morgan fingerprint density at radius 1 is 1.20 bits per heavy atom. The minimum atomic E-state index is -1.27. The molecule has 25 heavy (non-hydrogen) atoms. The number of ether oxygens (including phenoxy) is 1. The van der Waals surface area contributed by atoms with Crippen LogP contribution in [0.15, 0.2) is 30.3 Å². The van der Waals surface area contributed by atoms with Crippen molar-refractivity contribution in [3.8, 4) is 0 Å². The van der Waals surface area contributed by atoms with E-state index in [1.807, 2.05) is 0 Å². The molecule has 1 unspecified atom stereocenters. The van der Waals surface area contributed by atoms with Crippen LogP contribution in [0.1, 0.15) is 37.4 Å². The third kappa shape index (κ3) is 3.19. The van der Waals surface area contributed by atoms with E-state index in [1.165, 1.54) is 0 Å². The molecule has 4 amide bonds. The number of benzene rings is 1. The molecule has 1 heterocycles. The molecule has 2 aliphatic rings. The van der Waals surface area contributed by atoms with Gasteiger partial charge in [0.1, 0.15) is 12.1 Å². The molecular formula is C17H19N3O5. The van der Waals surface area contributed by atoms with Gasteiger partial charge in [0.05, 0.1) is 0 Å². The Labute approximate surface area is 144 Å². The van der Waals surface area contributed by atoms with Gasteiger partial charge in [-0.25, -0.2) is 4.79 Å². The first kappa shape index (κ1) is 16.9. The Morgan fingerprint density at radius 3 is 2.44 bits per heavy atom. The van der Waals surface area contributed by atoms with Crippen molar-refractivity contribution in [2.75, 3.05) is 6.54 Å². The van der Waals surface area contributed by atoms with Crippen molar-refractivity contribution >= 4 is 23.8 Å². The number of urea groups is 1. The molecular weight excluding hydrogens is 326 g/mol. The fourth-order valence-corrected chi connectivity index (χ4v) is 3.35. The van der Waals surface area contributed by atoms with Crippen LogP contribution in [0.2, 0.25) is 0 Å². The second-order valence-electron chi connectivity index (χ2n) is 6.29. The van der Waals surface area contributed by atoms with Crippen LogP contribution in [0.5, 0.6) is 0 Å². The molecule has 1 aliphatic heterocycles. The van der Waals surface area contributed by atoms with Crippen LogP contribution >= 0.6 is 0 Å². The maximum atomic E-state index is 12.5. The van der Waals surface area contributed by atoms with Gasteiger partial charge in [-0.1, -0.05) is 43.2 Å². The zero-order valence-electron chi connectivity index (χ0n) is 13.6. The van der Waals surface area contributed by atoms with Crippen molar-refractivity contribution in [1.29, 1.82) is 0 Å². The standard InChI is InChI=1S/C17H19N3O5/c18-14(22)13(11-6-2-1-3-7-11)25-12(21)10-20-15(23)17(19-16(20)24)8-4-5-9-17/h1-3,6-7,13H,4-5,8-10H2,(H2,18,22)(H,19,24).